The van der Waals surface area contributed by atoms with Crippen molar-refractivity contribution in [2.24, 2.45) is 0 Å². The first-order valence-corrected chi connectivity index (χ1v) is 27.8. The summed E-state index contributed by atoms with van der Waals surface area (Å²) in [5.74, 6) is 0. The Morgan fingerprint density at radius 2 is 0.429 bits per heavy atom. The van der Waals surface area contributed by atoms with E-state index in [1.807, 2.05) is 0 Å². The molecule has 382 valence electrons. The van der Waals surface area contributed by atoms with Gasteiger partial charge in [0.25, 0.3) is 0 Å². The Kier molecular flexibility index (Phi) is 12.9. The molecular formula is C77H74. The molecule has 3 aliphatic carbocycles. The van der Waals surface area contributed by atoms with E-state index in [-0.39, 0.29) is 16.2 Å². The fraction of sp³-hybridized carbons (Fsp3) is 0.221. The second kappa shape index (κ2) is 19.3. The largest absolute Gasteiger partial charge is 0.0616 e. The average Bonchev–Trinajstić information content (AvgIpc) is 4.01. The van der Waals surface area contributed by atoms with Crippen LogP contribution in [0.25, 0.3) is 76.8 Å². The Labute approximate surface area is 459 Å². The molecule has 0 bridgehead atoms. The third-order valence-electron chi connectivity index (χ3n) is 17.4. The van der Waals surface area contributed by atoms with E-state index >= 15 is 0 Å². The van der Waals surface area contributed by atoms with Crippen molar-refractivity contribution in [3.8, 4) is 44.5 Å². The van der Waals surface area contributed by atoms with Crippen molar-refractivity contribution < 1.29 is 0 Å². The van der Waals surface area contributed by atoms with Gasteiger partial charge in [0.15, 0.2) is 0 Å². The molecule has 0 aromatic heterocycles. The first kappa shape index (κ1) is 51.3. The predicted molar refractivity (Wildman–Crippen MR) is 334 cm³/mol. The first-order valence-electron chi connectivity index (χ1n) is 27.8. The molecule has 0 saturated heterocycles. The summed E-state index contributed by atoms with van der Waals surface area (Å²) in [5.41, 5.74) is 30.8. The van der Waals surface area contributed by atoms with Crippen LogP contribution in [0.2, 0.25) is 0 Å². The van der Waals surface area contributed by atoms with Gasteiger partial charge in [-0.15, -0.1) is 0 Å². The SMILES string of the molecule is Cc1ccc(-c2ccc(C)cc2)cc1.Cc1ccc2c(c1)C(C)(C)c1cc(C)ccc1-2.Cc1ccc2c(c1)C(C)(C)c1cc3c(cc1-2)C(C)(C)c1cc(C)ccc1-3.Cc1ccc2c3ccc(C)cc3c3ccccc3c2c1. The average molecular weight is 999 g/mol. The molecule has 0 unspecified atom stereocenters. The van der Waals surface area contributed by atoms with Gasteiger partial charge in [-0.1, -0.05) is 268 Å². The molecule has 0 atom stereocenters. The molecule has 14 rings (SSSR count). The van der Waals surface area contributed by atoms with Crippen LogP contribution in [0.4, 0.5) is 0 Å². The summed E-state index contributed by atoms with van der Waals surface area (Å²) in [7, 11) is 0. The summed E-state index contributed by atoms with van der Waals surface area (Å²) < 4.78 is 0. The first-order chi connectivity index (χ1) is 36.7. The number of benzene rings is 11. The van der Waals surface area contributed by atoms with Gasteiger partial charge in [0.2, 0.25) is 0 Å². The number of rotatable bonds is 1. The lowest BCUT2D eigenvalue weighted by atomic mass is 9.79. The zero-order valence-corrected chi connectivity index (χ0v) is 48.0. The maximum absolute atomic E-state index is 2.49. The monoisotopic (exact) mass is 999 g/mol. The minimum Gasteiger partial charge on any atom is -0.0616 e. The van der Waals surface area contributed by atoms with Crippen LogP contribution in [0.3, 0.4) is 0 Å². The lowest BCUT2D eigenvalue weighted by molar-refractivity contribution is 0.651. The predicted octanol–water partition coefficient (Wildman–Crippen LogP) is 21.3. The Bertz CT molecular complexity index is 3830. The summed E-state index contributed by atoms with van der Waals surface area (Å²) in [5, 5.41) is 8.12. The van der Waals surface area contributed by atoms with Crippen molar-refractivity contribution in [2.45, 2.75) is 113 Å². The second-order valence-electron chi connectivity index (χ2n) is 24.4. The molecule has 0 N–H and O–H groups in total. The van der Waals surface area contributed by atoms with Crippen molar-refractivity contribution >= 4 is 32.3 Å². The Balaban J connectivity index is 0.000000112. The zero-order chi connectivity index (χ0) is 54.3. The van der Waals surface area contributed by atoms with Crippen molar-refractivity contribution in [3.63, 3.8) is 0 Å². The Hall–Kier alpha value is -7.80. The topological polar surface area (TPSA) is 0 Å². The summed E-state index contributed by atoms with van der Waals surface area (Å²) >= 11 is 0. The molecule has 0 spiro atoms. The molecule has 0 heterocycles. The van der Waals surface area contributed by atoms with Gasteiger partial charge in [-0.05, 0) is 178 Å². The van der Waals surface area contributed by atoms with Gasteiger partial charge in [0.05, 0.1) is 0 Å². The van der Waals surface area contributed by atoms with Gasteiger partial charge >= 0.3 is 0 Å². The molecule has 0 aliphatic heterocycles. The second-order valence-corrected chi connectivity index (χ2v) is 24.4. The van der Waals surface area contributed by atoms with Crippen LogP contribution < -0.4 is 0 Å². The molecular weight excluding hydrogens is 925 g/mol. The van der Waals surface area contributed by atoms with Crippen molar-refractivity contribution in [1.29, 1.82) is 0 Å². The summed E-state index contributed by atoms with van der Waals surface area (Å²) in [6.07, 6.45) is 0. The highest BCUT2D eigenvalue weighted by atomic mass is 14.4. The highest BCUT2D eigenvalue weighted by Gasteiger charge is 2.42. The molecule has 11 aromatic carbocycles. The van der Waals surface area contributed by atoms with Gasteiger partial charge in [-0.3, -0.25) is 0 Å². The molecule has 0 heteroatoms. The van der Waals surface area contributed by atoms with Crippen LogP contribution in [0, 0.1) is 55.4 Å². The van der Waals surface area contributed by atoms with Crippen LogP contribution in [-0.2, 0) is 16.2 Å². The summed E-state index contributed by atoms with van der Waals surface area (Å²) in [6.45, 7) is 31.4. The molecule has 0 nitrogen and oxygen atoms in total. The molecule has 77 heavy (non-hydrogen) atoms. The third-order valence-corrected chi connectivity index (χ3v) is 17.4. The van der Waals surface area contributed by atoms with Crippen LogP contribution in [0.1, 0.15) is 119 Å². The number of aryl methyl sites for hydroxylation is 8. The standard InChI is InChI=1S/C26H26.C20H16.C17H18.C14H14/c1-15-7-9-17-19-13-24-20(14-23(19)25(3,4)21(17)11-15)18-10-8-16(2)12-22(18)26(24,5)6;1-13-7-9-17-18-10-8-14(2)12-20(18)16-6-4-3-5-15(16)19(17)11-13;1-11-5-7-13-14-8-6-12(2)10-16(14)17(3,4)15(13)9-11;1-11-3-7-13(8-4-11)14-9-5-12(2)6-10-14/h7-14H,1-6H3;3-12H,1-2H3;5-10H,1-4H3;3-10H,1-2H3. The maximum Gasteiger partial charge on any atom is 0.0159 e. The van der Waals surface area contributed by atoms with Crippen LogP contribution in [0.15, 0.2) is 194 Å². The molecule has 3 aliphatic rings. The van der Waals surface area contributed by atoms with Gasteiger partial charge in [-0.25, -0.2) is 0 Å². The Morgan fingerprint density at radius 1 is 0.195 bits per heavy atom. The van der Waals surface area contributed by atoms with E-state index in [1.54, 1.807) is 0 Å². The lowest BCUT2D eigenvalue weighted by Gasteiger charge is -2.24. The third kappa shape index (κ3) is 9.10. The van der Waals surface area contributed by atoms with E-state index in [9.17, 15) is 0 Å². The van der Waals surface area contributed by atoms with Crippen molar-refractivity contribution in [3.05, 3.63) is 272 Å². The molecule has 11 aromatic rings. The fourth-order valence-electron chi connectivity index (χ4n) is 12.8. The van der Waals surface area contributed by atoms with E-state index < -0.39 is 0 Å². The minimum atomic E-state index is 0.0588. The van der Waals surface area contributed by atoms with E-state index in [1.165, 1.54) is 155 Å². The molecule has 0 amide bonds. The smallest absolute Gasteiger partial charge is 0.0159 e. The number of hydrogen-bond donors (Lipinski definition) is 0. The van der Waals surface area contributed by atoms with Crippen LogP contribution in [-0.4, -0.2) is 0 Å². The van der Waals surface area contributed by atoms with Gasteiger partial charge in [0.1, 0.15) is 0 Å². The van der Waals surface area contributed by atoms with E-state index in [4.69, 9.17) is 0 Å². The van der Waals surface area contributed by atoms with Crippen LogP contribution in [0.5, 0.6) is 0 Å². The normalized spacial score (nSPS) is 14.2. The molecule has 0 saturated carbocycles. The zero-order valence-electron chi connectivity index (χ0n) is 48.0. The highest BCUT2D eigenvalue weighted by Crippen LogP contribution is 2.56. The Morgan fingerprint density at radius 3 is 0.740 bits per heavy atom. The fourth-order valence-corrected chi connectivity index (χ4v) is 12.8. The van der Waals surface area contributed by atoms with Crippen molar-refractivity contribution in [1.82, 2.24) is 0 Å². The van der Waals surface area contributed by atoms with E-state index in [2.05, 4.69) is 291 Å². The minimum absolute atomic E-state index is 0.0588. The van der Waals surface area contributed by atoms with Gasteiger partial charge < -0.3 is 0 Å². The quantitative estimate of drug-likeness (QED) is 0.144. The number of fused-ring (bicyclic) bond motifs is 15. The molecule has 0 fully saturated rings. The van der Waals surface area contributed by atoms with Gasteiger partial charge in [-0.2, -0.15) is 0 Å². The maximum atomic E-state index is 2.49. The highest BCUT2D eigenvalue weighted by molar-refractivity contribution is 6.25. The summed E-state index contributed by atoms with van der Waals surface area (Å²) in [6, 6.07) is 72.0. The van der Waals surface area contributed by atoms with Crippen LogP contribution >= 0.6 is 0 Å². The molecule has 0 radical (unpaired) electrons. The van der Waals surface area contributed by atoms with Crippen molar-refractivity contribution in [2.75, 3.05) is 0 Å². The lowest BCUT2D eigenvalue weighted by Crippen LogP contribution is -2.17. The van der Waals surface area contributed by atoms with Gasteiger partial charge in [0, 0.05) is 16.2 Å². The van der Waals surface area contributed by atoms with E-state index in [0.717, 1.165) is 0 Å². The summed E-state index contributed by atoms with van der Waals surface area (Å²) in [4.78, 5) is 0. The van der Waals surface area contributed by atoms with E-state index in [0.29, 0.717) is 0 Å². The number of hydrogen-bond acceptors (Lipinski definition) is 0.